The van der Waals surface area contributed by atoms with Crippen LogP contribution in [0.15, 0.2) is 78.9 Å². The van der Waals surface area contributed by atoms with Crippen molar-refractivity contribution < 1.29 is 9.53 Å². The highest BCUT2D eigenvalue weighted by Gasteiger charge is 2.31. The van der Waals surface area contributed by atoms with E-state index < -0.39 is 0 Å². The average Bonchev–Trinajstić information content (AvgIpc) is 3.25. The number of nitrogens with one attached hydrogen (secondary N) is 1. The molecule has 3 aromatic carbocycles. The lowest BCUT2D eigenvalue weighted by Crippen LogP contribution is -2.34. The molecule has 2 amide bonds. The van der Waals surface area contributed by atoms with Crippen molar-refractivity contribution in [3.63, 3.8) is 0 Å². The second-order valence-corrected chi connectivity index (χ2v) is 8.25. The van der Waals surface area contributed by atoms with Crippen molar-refractivity contribution in [3.8, 4) is 5.75 Å². The van der Waals surface area contributed by atoms with Crippen LogP contribution in [0.1, 0.15) is 22.1 Å². The Bertz CT molecular complexity index is 960. The van der Waals surface area contributed by atoms with Crippen LogP contribution in [-0.4, -0.2) is 23.2 Å². The standard InChI is InChI=1S/C24H24N2O2S/c1-18-10-12-21(13-11-18)25-24(27)26-14-15-29-23(26)20-8-5-9-22(16-20)28-17-19-6-3-2-4-7-19/h2-13,16,23H,14-15,17H2,1H3,(H,25,27)/t23-/m0/s1. The first-order chi connectivity index (χ1) is 14.2. The van der Waals surface area contributed by atoms with Crippen molar-refractivity contribution in [1.29, 1.82) is 0 Å². The van der Waals surface area contributed by atoms with Gasteiger partial charge in [0.05, 0.1) is 0 Å². The molecule has 0 aromatic heterocycles. The minimum atomic E-state index is -0.0699. The third kappa shape index (κ3) is 4.93. The highest BCUT2D eigenvalue weighted by atomic mass is 32.2. The van der Waals surface area contributed by atoms with Gasteiger partial charge in [-0.1, -0.05) is 60.2 Å². The Kier molecular flexibility index (Phi) is 6.06. The number of hydrogen-bond acceptors (Lipinski definition) is 3. The monoisotopic (exact) mass is 404 g/mol. The summed E-state index contributed by atoms with van der Waals surface area (Å²) in [6, 6.07) is 26.0. The van der Waals surface area contributed by atoms with Gasteiger partial charge in [0.2, 0.25) is 0 Å². The molecule has 29 heavy (non-hydrogen) atoms. The molecule has 148 valence electrons. The number of hydrogen-bond donors (Lipinski definition) is 1. The van der Waals surface area contributed by atoms with Gasteiger partial charge in [-0.2, -0.15) is 0 Å². The van der Waals surface area contributed by atoms with E-state index in [4.69, 9.17) is 4.74 Å². The van der Waals surface area contributed by atoms with Crippen molar-refractivity contribution in [2.24, 2.45) is 0 Å². The van der Waals surface area contributed by atoms with Gasteiger partial charge < -0.3 is 15.0 Å². The van der Waals surface area contributed by atoms with E-state index in [0.717, 1.165) is 34.9 Å². The maximum absolute atomic E-state index is 12.8. The van der Waals surface area contributed by atoms with E-state index in [2.05, 4.69) is 11.4 Å². The van der Waals surface area contributed by atoms with Crippen molar-refractivity contribution in [2.75, 3.05) is 17.6 Å². The summed E-state index contributed by atoms with van der Waals surface area (Å²) in [5, 5.41) is 3.00. The Morgan fingerprint density at radius 3 is 2.66 bits per heavy atom. The number of thioether (sulfide) groups is 1. The van der Waals surface area contributed by atoms with Gasteiger partial charge in [-0.05, 0) is 42.3 Å². The third-order valence-corrected chi connectivity index (χ3v) is 6.11. The molecule has 5 heteroatoms. The molecule has 3 aromatic rings. The van der Waals surface area contributed by atoms with Gasteiger partial charge in [-0.15, -0.1) is 11.8 Å². The predicted octanol–water partition coefficient (Wildman–Crippen LogP) is 5.85. The smallest absolute Gasteiger partial charge is 0.323 e. The number of carbonyl (C=O) groups excluding carboxylic acids is 1. The molecule has 4 rings (SSSR count). The molecule has 0 aliphatic carbocycles. The Balaban J connectivity index is 1.44. The minimum Gasteiger partial charge on any atom is -0.489 e. The van der Waals surface area contributed by atoms with E-state index in [0.29, 0.717) is 6.61 Å². The molecular formula is C24H24N2O2S. The SMILES string of the molecule is Cc1ccc(NC(=O)N2CCS[C@H]2c2cccc(OCc3ccccc3)c2)cc1. The zero-order valence-electron chi connectivity index (χ0n) is 16.4. The molecule has 1 atom stereocenters. The fraction of sp³-hybridized carbons (Fsp3) is 0.208. The highest BCUT2D eigenvalue weighted by Crippen LogP contribution is 2.39. The van der Waals surface area contributed by atoms with Crippen LogP contribution in [0, 0.1) is 6.92 Å². The first-order valence-corrected chi connectivity index (χ1v) is 10.8. The van der Waals surface area contributed by atoms with Crippen LogP contribution in [0.4, 0.5) is 10.5 Å². The molecule has 0 saturated carbocycles. The quantitative estimate of drug-likeness (QED) is 0.580. The number of ether oxygens (including phenoxy) is 1. The number of carbonyl (C=O) groups is 1. The molecular weight excluding hydrogens is 380 g/mol. The van der Waals surface area contributed by atoms with Crippen LogP contribution < -0.4 is 10.1 Å². The molecule has 0 unspecified atom stereocenters. The topological polar surface area (TPSA) is 41.6 Å². The lowest BCUT2D eigenvalue weighted by Gasteiger charge is -2.25. The molecule has 0 bridgehead atoms. The molecule has 4 nitrogen and oxygen atoms in total. The predicted molar refractivity (Wildman–Crippen MR) is 119 cm³/mol. The normalized spacial score (nSPS) is 15.9. The fourth-order valence-corrected chi connectivity index (χ4v) is 4.53. The van der Waals surface area contributed by atoms with Gasteiger partial charge in [-0.25, -0.2) is 4.79 Å². The van der Waals surface area contributed by atoms with Crippen molar-refractivity contribution in [3.05, 3.63) is 95.6 Å². The second-order valence-electron chi connectivity index (χ2n) is 7.06. The van der Waals surface area contributed by atoms with Crippen molar-refractivity contribution in [1.82, 2.24) is 4.90 Å². The van der Waals surface area contributed by atoms with Crippen LogP contribution in [-0.2, 0) is 6.61 Å². The minimum absolute atomic E-state index is 0.0132. The summed E-state index contributed by atoms with van der Waals surface area (Å²) in [5.41, 5.74) is 4.20. The van der Waals surface area contributed by atoms with Crippen LogP contribution >= 0.6 is 11.8 Å². The average molecular weight is 405 g/mol. The number of amides is 2. The van der Waals surface area contributed by atoms with E-state index in [9.17, 15) is 4.79 Å². The molecule has 1 fully saturated rings. The molecule has 1 heterocycles. The third-order valence-electron chi connectivity index (χ3n) is 4.85. The van der Waals surface area contributed by atoms with Gasteiger partial charge in [0.25, 0.3) is 0 Å². The lowest BCUT2D eigenvalue weighted by atomic mass is 10.2. The number of rotatable bonds is 5. The molecule has 1 N–H and O–H groups in total. The van der Waals surface area contributed by atoms with Gasteiger partial charge in [-0.3, -0.25) is 0 Å². The molecule has 0 spiro atoms. The summed E-state index contributed by atoms with van der Waals surface area (Å²) in [6.07, 6.45) is 0. The van der Waals surface area contributed by atoms with E-state index >= 15 is 0 Å². The first-order valence-electron chi connectivity index (χ1n) is 9.71. The zero-order valence-corrected chi connectivity index (χ0v) is 17.2. The van der Waals surface area contributed by atoms with Gasteiger partial charge in [0.1, 0.15) is 17.7 Å². The molecule has 1 saturated heterocycles. The zero-order chi connectivity index (χ0) is 20.1. The number of aryl methyl sites for hydroxylation is 1. The van der Waals surface area contributed by atoms with E-state index in [1.54, 1.807) is 11.8 Å². The van der Waals surface area contributed by atoms with Crippen LogP contribution in [0.25, 0.3) is 0 Å². The van der Waals surface area contributed by atoms with Crippen LogP contribution in [0.5, 0.6) is 5.75 Å². The first kappa shape index (κ1) is 19.4. The number of nitrogens with zero attached hydrogens (tertiary/aromatic N) is 1. The maximum Gasteiger partial charge on any atom is 0.323 e. The number of urea groups is 1. The molecule has 1 aliphatic rings. The number of benzene rings is 3. The summed E-state index contributed by atoms with van der Waals surface area (Å²) < 4.78 is 5.97. The Morgan fingerprint density at radius 1 is 1.07 bits per heavy atom. The van der Waals surface area contributed by atoms with Crippen LogP contribution in [0.2, 0.25) is 0 Å². The van der Waals surface area contributed by atoms with Crippen molar-refractivity contribution in [2.45, 2.75) is 18.9 Å². The summed E-state index contributed by atoms with van der Waals surface area (Å²) in [6.45, 7) is 3.29. The summed E-state index contributed by atoms with van der Waals surface area (Å²) in [7, 11) is 0. The summed E-state index contributed by atoms with van der Waals surface area (Å²) in [4.78, 5) is 14.7. The van der Waals surface area contributed by atoms with E-state index in [1.165, 1.54) is 5.56 Å². The van der Waals surface area contributed by atoms with E-state index in [-0.39, 0.29) is 11.4 Å². The largest absolute Gasteiger partial charge is 0.489 e. The lowest BCUT2D eigenvalue weighted by molar-refractivity contribution is 0.214. The van der Waals surface area contributed by atoms with Gasteiger partial charge in [0, 0.05) is 18.0 Å². The Hall–Kier alpha value is -2.92. The van der Waals surface area contributed by atoms with Gasteiger partial charge in [0.15, 0.2) is 0 Å². The number of anilines is 1. The Morgan fingerprint density at radius 2 is 1.86 bits per heavy atom. The van der Waals surface area contributed by atoms with Crippen LogP contribution in [0.3, 0.4) is 0 Å². The van der Waals surface area contributed by atoms with Gasteiger partial charge >= 0.3 is 6.03 Å². The maximum atomic E-state index is 12.8. The van der Waals surface area contributed by atoms with E-state index in [1.807, 2.05) is 84.6 Å². The molecule has 0 radical (unpaired) electrons. The van der Waals surface area contributed by atoms with Crippen molar-refractivity contribution >= 4 is 23.5 Å². The Labute approximate surface area is 175 Å². The second kappa shape index (κ2) is 9.05. The fourth-order valence-electron chi connectivity index (χ4n) is 3.29. The molecule has 1 aliphatic heterocycles. The highest BCUT2D eigenvalue weighted by molar-refractivity contribution is 7.99. The summed E-state index contributed by atoms with van der Waals surface area (Å²) >= 11 is 1.78. The summed E-state index contributed by atoms with van der Waals surface area (Å²) in [5.74, 6) is 1.74.